The maximum atomic E-state index is 12.8. The van der Waals surface area contributed by atoms with Crippen molar-refractivity contribution in [3.8, 4) is 28.4 Å². The zero-order chi connectivity index (χ0) is 25.2. The predicted octanol–water partition coefficient (Wildman–Crippen LogP) is 5.97. The average Bonchev–Trinajstić information content (AvgIpc) is 3.27. The second kappa shape index (κ2) is 12.8. The molecule has 186 valence electrons. The first kappa shape index (κ1) is 26.1. The number of methoxy groups -OCH3 is 1. The first-order valence-electron chi connectivity index (χ1n) is 11.6. The molecule has 0 spiro atoms. The zero-order valence-electron chi connectivity index (χ0n) is 20.5. The van der Waals surface area contributed by atoms with E-state index in [-0.39, 0.29) is 18.9 Å². The Morgan fingerprint density at radius 3 is 2.31 bits per heavy atom. The number of carbonyl (C=O) groups excluding carboxylic acids is 2. The third-order valence-corrected chi connectivity index (χ3v) is 6.06. The molecule has 0 atom stereocenters. The molecule has 1 aromatic heterocycles. The number of nitrogens with one attached hydrogen (secondary N) is 1. The molecule has 3 rings (SSSR count). The Hall–Kier alpha value is -3.52. The maximum Gasteiger partial charge on any atom is 0.341 e. The second-order valence-corrected chi connectivity index (χ2v) is 8.38. The fourth-order valence-electron chi connectivity index (χ4n) is 3.55. The van der Waals surface area contributed by atoms with Crippen molar-refractivity contribution in [2.45, 2.75) is 33.6 Å². The normalized spacial score (nSPS) is 10.5. The van der Waals surface area contributed by atoms with Gasteiger partial charge in [0.05, 0.1) is 26.9 Å². The van der Waals surface area contributed by atoms with Crippen molar-refractivity contribution in [2.24, 2.45) is 0 Å². The van der Waals surface area contributed by atoms with E-state index >= 15 is 0 Å². The van der Waals surface area contributed by atoms with Crippen LogP contribution in [0.4, 0.5) is 5.00 Å². The van der Waals surface area contributed by atoms with E-state index in [0.717, 1.165) is 16.9 Å². The van der Waals surface area contributed by atoms with Crippen LogP contribution >= 0.6 is 11.3 Å². The molecule has 0 aliphatic heterocycles. The van der Waals surface area contributed by atoms with Crippen molar-refractivity contribution in [1.29, 1.82) is 0 Å². The number of ether oxygens (including phenoxy) is 4. The first-order valence-corrected chi connectivity index (χ1v) is 12.5. The third-order valence-electron chi connectivity index (χ3n) is 5.17. The molecular formula is C27H31NO6S. The molecule has 35 heavy (non-hydrogen) atoms. The lowest BCUT2D eigenvalue weighted by molar-refractivity contribution is -0.116. The molecule has 0 unspecified atom stereocenters. The molecule has 0 aliphatic carbocycles. The maximum absolute atomic E-state index is 12.8. The Balaban J connectivity index is 1.75. The Kier molecular flexibility index (Phi) is 9.55. The molecule has 1 amide bonds. The van der Waals surface area contributed by atoms with Gasteiger partial charge in [0, 0.05) is 17.4 Å². The van der Waals surface area contributed by atoms with Crippen LogP contribution in [0.5, 0.6) is 17.2 Å². The third kappa shape index (κ3) is 6.76. The van der Waals surface area contributed by atoms with E-state index in [1.807, 2.05) is 61.7 Å². The highest BCUT2D eigenvalue weighted by Gasteiger charge is 2.23. The molecule has 8 heteroatoms. The smallest absolute Gasteiger partial charge is 0.341 e. The van der Waals surface area contributed by atoms with Gasteiger partial charge in [-0.2, -0.15) is 0 Å². The summed E-state index contributed by atoms with van der Waals surface area (Å²) in [6.07, 6.45) is 0.760. The summed E-state index contributed by atoms with van der Waals surface area (Å²) >= 11 is 1.30. The molecular weight excluding hydrogens is 466 g/mol. The summed E-state index contributed by atoms with van der Waals surface area (Å²) in [6.45, 7) is 6.95. The summed E-state index contributed by atoms with van der Waals surface area (Å²) in [6, 6.07) is 13.1. The number of carbonyl (C=O) groups is 2. The largest absolute Gasteiger partial charge is 0.494 e. The number of hydrogen-bond acceptors (Lipinski definition) is 7. The molecule has 0 fully saturated rings. The minimum absolute atomic E-state index is 0.191. The van der Waals surface area contributed by atoms with Crippen molar-refractivity contribution in [3.63, 3.8) is 0 Å². The summed E-state index contributed by atoms with van der Waals surface area (Å²) in [7, 11) is 1.59. The predicted molar refractivity (Wildman–Crippen MR) is 138 cm³/mol. The van der Waals surface area contributed by atoms with Crippen LogP contribution in [-0.4, -0.2) is 38.8 Å². The van der Waals surface area contributed by atoms with Crippen LogP contribution in [0, 0.1) is 0 Å². The topological polar surface area (TPSA) is 83.1 Å². The van der Waals surface area contributed by atoms with Crippen LogP contribution in [0.3, 0.4) is 0 Å². The van der Waals surface area contributed by atoms with Crippen LogP contribution in [0.15, 0.2) is 47.8 Å². The number of amides is 1. The summed E-state index contributed by atoms with van der Waals surface area (Å²) in [5.41, 5.74) is 2.86. The van der Waals surface area contributed by atoms with Gasteiger partial charge in [-0.25, -0.2) is 4.79 Å². The van der Waals surface area contributed by atoms with Gasteiger partial charge in [0.2, 0.25) is 5.91 Å². The number of benzene rings is 2. The van der Waals surface area contributed by atoms with Crippen molar-refractivity contribution >= 4 is 28.2 Å². The van der Waals surface area contributed by atoms with Crippen molar-refractivity contribution in [1.82, 2.24) is 0 Å². The van der Waals surface area contributed by atoms with E-state index in [9.17, 15) is 9.59 Å². The number of rotatable bonds is 12. The van der Waals surface area contributed by atoms with Gasteiger partial charge in [0.25, 0.3) is 0 Å². The molecule has 0 bridgehead atoms. The van der Waals surface area contributed by atoms with E-state index < -0.39 is 5.97 Å². The lowest BCUT2D eigenvalue weighted by Crippen LogP contribution is -2.15. The number of anilines is 1. The second-order valence-electron chi connectivity index (χ2n) is 7.50. The first-order chi connectivity index (χ1) is 17.0. The van der Waals surface area contributed by atoms with E-state index in [2.05, 4.69) is 5.32 Å². The molecule has 0 radical (unpaired) electrons. The van der Waals surface area contributed by atoms with Gasteiger partial charge >= 0.3 is 5.97 Å². The van der Waals surface area contributed by atoms with Crippen molar-refractivity contribution in [2.75, 3.05) is 32.2 Å². The highest BCUT2D eigenvalue weighted by atomic mass is 32.1. The monoisotopic (exact) mass is 497 g/mol. The van der Waals surface area contributed by atoms with Crippen molar-refractivity contribution in [3.05, 3.63) is 59.0 Å². The highest BCUT2D eigenvalue weighted by molar-refractivity contribution is 7.15. The standard InChI is InChI=1S/C27H31NO6S/c1-5-32-20-12-10-19(11-13-20)21-17-35-26(25(21)27(30)34-7-3)28-24(29)15-9-18-8-14-22(33-6-2)23(16-18)31-4/h8,10-14,16-17H,5-7,9,15H2,1-4H3,(H,28,29). The quantitative estimate of drug-likeness (QED) is 0.311. The molecule has 3 aromatic rings. The van der Waals surface area contributed by atoms with Gasteiger partial charge in [0.15, 0.2) is 11.5 Å². The molecule has 0 saturated carbocycles. The van der Waals surface area contributed by atoms with Gasteiger partial charge < -0.3 is 24.3 Å². The average molecular weight is 498 g/mol. The zero-order valence-corrected chi connectivity index (χ0v) is 21.3. The molecule has 0 saturated heterocycles. The van der Waals surface area contributed by atoms with E-state index in [1.54, 1.807) is 14.0 Å². The Morgan fingerprint density at radius 1 is 0.914 bits per heavy atom. The lowest BCUT2D eigenvalue weighted by atomic mass is 10.0. The van der Waals surface area contributed by atoms with Crippen LogP contribution in [0.1, 0.15) is 43.1 Å². The van der Waals surface area contributed by atoms with E-state index in [4.69, 9.17) is 18.9 Å². The summed E-state index contributed by atoms with van der Waals surface area (Å²) in [4.78, 5) is 25.6. The molecule has 7 nitrogen and oxygen atoms in total. The highest BCUT2D eigenvalue weighted by Crippen LogP contribution is 2.37. The van der Waals surface area contributed by atoms with Crippen LogP contribution in [0.25, 0.3) is 11.1 Å². The molecule has 1 heterocycles. The number of hydrogen-bond donors (Lipinski definition) is 1. The Labute approximate surface area is 210 Å². The van der Waals surface area contributed by atoms with Crippen LogP contribution in [0.2, 0.25) is 0 Å². The summed E-state index contributed by atoms with van der Waals surface area (Å²) in [5, 5.41) is 5.23. The minimum Gasteiger partial charge on any atom is -0.494 e. The van der Waals surface area contributed by atoms with Gasteiger partial charge in [-0.05, 0) is 62.6 Å². The van der Waals surface area contributed by atoms with E-state index in [0.29, 0.717) is 47.3 Å². The SMILES string of the molecule is CCOC(=O)c1c(-c2ccc(OCC)cc2)csc1NC(=O)CCc1ccc(OCC)c(OC)c1. The van der Waals surface area contributed by atoms with Crippen molar-refractivity contribution < 1.29 is 28.5 Å². The van der Waals surface area contributed by atoms with Gasteiger partial charge in [0.1, 0.15) is 16.3 Å². The molecule has 2 aromatic carbocycles. The van der Waals surface area contributed by atoms with Gasteiger partial charge in [-0.1, -0.05) is 18.2 Å². The summed E-state index contributed by atoms with van der Waals surface area (Å²) in [5.74, 6) is 1.39. The Morgan fingerprint density at radius 2 is 1.66 bits per heavy atom. The molecule has 1 N–H and O–H groups in total. The van der Waals surface area contributed by atoms with Crippen LogP contribution < -0.4 is 19.5 Å². The number of aryl methyl sites for hydroxylation is 1. The number of thiophene rings is 1. The summed E-state index contributed by atoms with van der Waals surface area (Å²) < 4.78 is 21.7. The van der Waals surface area contributed by atoms with E-state index in [1.165, 1.54) is 11.3 Å². The number of esters is 1. The Bertz CT molecular complexity index is 1140. The lowest BCUT2D eigenvalue weighted by Gasteiger charge is -2.11. The fraction of sp³-hybridized carbons (Fsp3) is 0.333. The van der Waals surface area contributed by atoms with Crippen LogP contribution in [-0.2, 0) is 16.0 Å². The molecule has 0 aliphatic rings. The van der Waals surface area contributed by atoms with Gasteiger partial charge in [-0.3, -0.25) is 4.79 Å². The fourth-order valence-corrected chi connectivity index (χ4v) is 4.53. The van der Waals surface area contributed by atoms with Gasteiger partial charge in [-0.15, -0.1) is 11.3 Å². The minimum atomic E-state index is -0.468.